The third-order valence-corrected chi connectivity index (χ3v) is 4.11. The monoisotopic (exact) mass is 383 g/mol. The number of hydrogen-bond acceptors (Lipinski definition) is 4. The molecule has 0 fully saturated rings. The van der Waals surface area contributed by atoms with Gasteiger partial charge in [0.25, 0.3) is 6.43 Å². The van der Waals surface area contributed by atoms with Gasteiger partial charge in [0, 0.05) is 6.20 Å². The quantitative estimate of drug-likeness (QED) is 0.650. The van der Waals surface area contributed by atoms with E-state index in [1.807, 2.05) is 0 Å². The van der Waals surface area contributed by atoms with Crippen molar-refractivity contribution in [1.82, 2.24) is 4.98 Å². The molecule has 1 aliphatic heterocycles. The fourth-order valence-corrected chi connectivity index (χ4v) is 2.89. The highest BCUT2D eigenvalue weighted by Crippen LogP contribution is 2.48. The van der Waals surface area contributed by atoms with E-state index in [0.29, 0.717) is 4.90 Å². The Hall–Kier alpha value is -3.06. The predicted molar refractivity (Wildman–Crippen MR) is 81.4 cm³/mol. The highest BCUT2D eigenvalue weighted by molar-refractivity contribution is 6.06. The van der Waals surface area contributed by atoms with Gasteiger partial charge < -0.3 is 10.0 Å². The lowest BCUT2D eigenvalue weighted by molar-refractivity contribution is -0.142. The van der Waals surface area contributed by atoms with Crippen molar-refractivity contribution >= 4 is 11.6 Å². The van der Waals surface area contributed by atoms with E-state index in [2.05, 4.69) is 4.98 Å². The van der Waals surface area contributed by atoms with Crippen LogP contribution in [-0.4, -0.2) is 22.4 Å². The van der Waals surface area contributed by atoms with Crippen LogP contribution in [0, 0.1) is 17.3 Å². The first-order valence-electron chi connectivity index (χ1n) is 7.52. The molecule has 27 heavy (non-hydrogen) atoms. The number of aliphatic hydroxyl groups is 1. The fraction of sp³-hybridized carbons (Fsp3) is 0.235. The lowest BCUT2D eigenvalue weighted by Crippen LogP contribution is -2.34. The number of pyridine rings is 1. The van der Waals surface area contributed by atoms with Crippen LogP contribution < -0.4 is 4.90 Å². The van der Waals surface area contributed by atoms with Crippen molar-refractivity contribution in [1.29, 1.82) is 5.26 Å². The Morgan fingerprint density at radius 1 is 1.33 bits per heavy atom. The highest BCUT2D eigenvalue weighted by atomic mass is 19.3. The molecule has 0 aliphatic carbocycles. The van der Waals surface area contributed by atoms with Crippen LogP contribution in [0.4, 0.5) is 27.6 Å². The van der Waals surface area contributed by atoms with Gasteiger partial charge in [0.05, 0.1) is 17.8 Å². The van der Waals surface area contributed by atoms with Crippen molar-refractivity contribution < 1.29 is 31.9 Å². The van der Waals surface area contributed by atoms with E-state index in [0.717, 1.165) is 30.5 Å². The summed E-state index contributed by atoms with van der Waals surface area (Å²) in [6.45, 7) is -0.488. The maximum atomic E-state index is 14.5. The predicted octanol–water partition coefficient (Wildman–Crippen LogP) is 3.03. The first-order chi connectivity index (χ1) is 12.7. The molecule has 5 nitrogen and oxygen atoms in total. The number of nitrogens with zero attached hydrogens (tertiary/aromatic N) is 3. The number of rotatable bonds is 4. The molecule has 1 aliphatic rings. The minimum Gasteiger partial charge on any atom is -0.382 e. The number of aliphatic hydroxyl groups excluding tert-OH is 1. The maximum Gasteiger partial charge on any atom is 0.352 e. The van der Waals surface area contributed by atoms with Crippen molar-refractivity contribution in [2.24, 2.45) is 0 Å². The van der Waals surface area contributed by atoms with Gasteiger partial charge in [-0.1, -0.05) is 12.1 Å². The number of carbonyl (C=O) groups excluding carboxylic acids is 1. The van der Waals surface area contributed by atoms with Crippen molar-refractivity contribution in [3.63, 3.8) is 0 Å². The number of alkyl halides is 4. The Balaban J connectivity index is 2.08. The Bertz CT molecular complexity index is 958. The minimum absolute atomic E-state index is 0.0877. The van der Waals surface area contributed by atoms with Gasteiger partial charge in [-0.3, -0.25) is 4.79 Å². The largest absolute Gasteiger partial charge is 0.382 e. The molecule has 3 rings (SSSR count). The third kappa shape index (κ3) is 3.00. The van der Waals surface area contributed by atoms with Crippen molar-refractivity contribution in [3.05, 3.63) is 58.7 Å². The standard InChI is InChI=1S/C17H10F5N3O2/c18-14(19)13(26)10-2-1-3-11-12(10)17(21,22)16(27)25(11)7-8-4-9(5-23)15(20)24-6-8/h1-4,6,13-14,26H,7H2. The molecule has 0 saturated heterocycles. The molecule has 1 N–H and O–H groups in total. The topological polar surface area (TPSA) is 77.2 Å². The SMILES string of the molecule is N#Cc1cc(CN2C(=O)C(F)(F)c3c(C(O)C(F)F)cccc32)cnc1F. The van der Waals surface area contributed by atoms with Crippen LogP contribution in [0.25, 0.3) is 0 Å². The van der Waals surface area contributed by atoms with Crippen LogP contribution in [0.3, 0.4) is 0 Å². The molecular weight excluding hydrogens is 373 g/mol. The third-order valence-electron chi connectivity index (χ3n) is 4.11. The maximum absolute atomic E-state index is 14.5. The van der Waals surface area contributed by atoms with E-state index in [1.165, 1.54) is 6.07 Å². The second kappa shape index (κ2) is 6.59. The summed E-state index contributed by atoms with van der Waals surface area (Å²) in [5.74, 6) is -6.87. The molecule has 1 aromatic carbocycles. The number of hydrogen-bond donors (Lipinski definition) is 1. The molecule has 10 heteroatoms. The number of carbonyl (C=O) groups is 1. The molecule has 1 unspecified atom stereocenters. The first-order valence-corrected chi connectivity index (χ1v) is 7.52. The summed E-state index contributed by atoms with van der Waals surface area (Å²) < 4.78 is 68.0. The van der Waals surface area contributed by atoms with Gasteiger partial charge in [-0.15, -0.1) is 0 Å². The smallest absolute Gasteiger partial charge is 0.352 e. The number of nitriles is 1. The summed E-state index contributed by atoms with van der Waals surface area (Å²) in [6, 6.07) is 5.76. The number of anilines is 1. The van der Waals surface area contributed by atoms with Gasteiger partial charge in [-0.25, -0.2) is 13.8 Å². The summed E-state index contributed by atoms with van der Waals surface area (Å²) in [7, 11) is 0. The Kier molecular flexibility index (Phi) is 4.57. The van der Waals surface area contributed by atoms with E-state index >= 15 is 0 Å². The average Bonchev–Trinajstić information content (AvgIpc) is 2.83. The van der Waals surface area contributed by atoms with Crippen LogP contribution >= 0.6 is 0 Å². The van der Waals surface area contributed by atoms with Crippen LogP contribution in [-0.2, 0) is 17.3 Å². The van der Waals surface area contributed by atoms with Crippen LogP contribution in [0.1, 0.15) is 28.4 Å². The molecule has 1 amide bonds. The number of benzene rings is 1. The number of fused-ring (bicyclic) bond motifs is 1. The normalized spacial score (nSPS) is 16.4. The summed E-state index contributed by atoms with van der Waals surface area (Å²) in [5, 5.41) is 18.4. The van der Waals surface area contributed by atoms with Crippen LogP contribution in [0.15, 0.2) is 30.5 Å². The van der Waals surface area contributed by atoms with Crippen LogP contribution in [0.5, 0.6) is 0 Å². The molecule has 0 saturated carbocycles. The zero-order valence-electron chi connectivity index (χ0n) is 13.3. The fourth-order valence-electron chi connectivity index (χ4n) is 2.89. The Morgan fingerprint density at radius 3 is 2.67 bits per heavy atom. The molecule has 0 bridgehead atoms. The molecule has 2 aromatic rings. The van der Waals surface area contributed by atoms with E-state index in [-0.39, 0.29) is 11.3 Å². The van der Waals surface area contributed by atoms with Crippen molar-refractivity contribution in [2.45, 2.75) is 25.0 Å². The lowest BCUT2D eigenvalue weighted by Gasteiger charge is -2.18. The van der Waals surface area contributed by atoms with E-state index in [4.69, 9.17) is 5.26 Å². The highest BCUT2D eigenvalue weighted by Gasteiger charge is 2.55. The van der Waals surface area contributed by atoms with Gasteiger partial charge in [0.2, 0.25) is 5.95 Å². The van der Waals surface area contributed by atoms with Gasteiger partial charge >= 0.3 is 11.8 Å². The molecular formula is C17H10F5N3O2. The van der Waals surface area contributed by atoms with Gasteiger partial charge in [0.15, 0.2) is 0 Å². The van der Waals surface area contributed by atoms with E-state index in [9.17, 15) is 31.9 Å². The first kappa shape index (κ1) is 18.7. The van der Waals surface area contributed by atoms with E-state index < -0.39 is 53.5 Å². The summed E-state index contributed by atoms with van der Waals surface area (Å²) in [6.07, 6.45) is -4.84. The van der Waals surface area contributed by atoms with E-state index in [1.54, 1.807) is 0 Å². The number of amides is 1. The molecule has 1 atom stereocenters. The second-order valence-electron chi connectivity index (χ2n) is 5.78. The minimum atomic E-state index is -4.13. The number of halogens is 5. The van der Waals surface area contributed by atoms with Crippen LogP contribution in [0.2, 0.25) is 0 Å². The molecule has 0 spiro atoms. The molecule has 1 aromatic heterocycles. The molecule has 140 valence electrons. The zero-order valence-corrected chi connectivity index (χ0v) is 13.3. The van der Waals surface area contributed by atoms with Crippen molar-refractivity contribution in [2.75, 3.05) is 4.90 Å². The zero-order chi connectivity index (χ0) is 19.9. The van der Waals surface area contributed by atoms with Gasteiger partial charge in [0.1, 0.15) is 17.7 Å². The summed E-state index contributed by atoms with van der Waals surface area (Å²) in [5.41, 5.74) is -2.46. The van der Waals surface area contributed by atoms with Gasteiger partial charge in [-0.2, -0.15) is 18.4 Å². The second-order valence-corrected chi connectivity index (χ2v) is 5.78. The molecule has 2 heterocycles. The number of aromatic nitrogens is 1. The Morgan fingerprint density at radius 2 is 2.04 bits per heavy atom. The summed E-state index contributed by atoms with van der Waals surface area (Å²) >= 11 is 0. The lowest BCUT2D eigenvalue weighted by atomic mass is 9.98. The summed E-state index contributed by atoms with van der Waals surface area (Å²) in [4.78, 5) is 16.1. The Labute approximate surface area is 149 Å². The van der Waals surface area contributed by atoms with Crippen molar-refractivity contribution in [3.8, 4) is 6.07 Å². The average molecular weight is 383 g/mol. The molecule has 0 radical (unpaired) electrons. The van der Waals surface area contributed by atoms with Gasteiger partial charge in [-0.05, 0) is 23.3 Å².